The number of amides is 1. The van der Waals surface area contributed by atoms with Gasteiger partial charge < -0.3 is 50.0 Å². The number of nitrogens with one attached hydrogen (secondary N) is 1. The van der Waals surface area contributed by atoms with Crippen molar-refractivity contribution >= 4 is 29.8 Å². The van der Waals surface area contributed by atoms with E-state index in [1.807, 2.05) is 18.4 Å². The number of hydrogen-bond donors (Lipinski definition) is 6. The van der Waals surface area contributed by atoms with Gasteiger partial charge >= 0.3 is 23.9 Å². The lowest BCUT2D eigenvalue weighted by molar-refractivity contribution is -0.172. The zero-order chi connectivity index (χ0) is 32.1. The van der Waals surface area contributed by atoms with Crippen molar-refractivity contribution in [2.75, 3.05) is 13.6 Å². The minimum atomic E-state index is -2.05. The van der Waals surface area contributed by atoms with E-state index in [0.717, 1.165) is 18.1 Å². The van der Waals surface area contributed by atoms with Crippen LogP contribution < -0.4 is 10.1 Å². The van der Waals surface area contributed by atoms with E-state index in [0.29, 0.717) is 30.7 Å². The average molecular weight is 619 g/mol. The number of benzene rings is 1. The standard InChI is InChI=1S/C29H34N2O13/c1-13(25(37)30-16(26(38)39)10-20(34)35)42-27(40)17(33)11-21(36)43-18-5-6-29(41)19-9-14-3-4-15(12-32)23-22(14)28(29,24(18)44-23)7-8-31(19)2/h3-5,13,16-17,19,24,32-33,41H,6-12H2,1-2H3,(H,30,37)(H,34,35)(H,38,39)/t13-,16-,17-,19+,24-,28-,29+/m0/s1. The number of likely N-dealkylation sites (N-methyl/N-ethyl adjacent to an activating group) is 1. The summed E-state index contributed by atoms with van der Waals surface area (Å²) in [5.74, 6) is -6.05. The van der Waals surface area contributed by atoms with E-state index in [-0.39, 0.29) is 24.8 Å². The molecule has 0 aromatic heterocycles. The Morgan fingerprint density at radius 3 is 2.57 bits per heavy atom. The van der Waals surface area contributed by atoms with Crippen LogP contribution >= 0.6 is 0 Å². The normalized spacial score (nSPS) is 28.3. The van der Waals surface area contributed by atoms with E-state index >= 15 is 0 Å². The molecule has 6 N–H and O–H groups in total. The Morgan fingerprint density at radius 1 is 1.18 bits per heavy atom. The summed E-state index contributed by atoms with van der Waals surface area (Å²) in [6, 6.07) is 1.68. The molecule has 1 saturated heterocycles. The van der Waals surface area contributed by atoms with Crippen molar-refractivity contribution < 1.29 is 63.7 Å². The van der Waals surface area contributed by atoms with Crippen LogP contribution in [0.15, 0.2) is 24.0 Å². The molecule has 2 aliphatic heterocycles. The number of aliphatic hydroxyl groups excluding tert-OH is 2. The molecule has 44 heavy (non-hydrogen) atoms. The molecule has 0 saturated carbocycles. The Morgan fingerprint density at radius 2 is 1.91 bits per heavy atom. The van der Waals surface area contributed by atoms with Gasteiger partial charge in [0.2, 0.25) is 0 Å². The first kappa shape index (κ1) is 31.4. The minimum Gasteiger partial charge on any atom is -0.481 e. The Bertz CT molecular complexity index is 1440. The average Bonchev–Trinajstić information content (AvgIpc) is 3.31. The van der Waals surface area contributed by atoms with Crippen LogP contribution in [0.25, 0.3) is 0 Å². The Labute approximate surface area is 251 Å². The van der Waals surface area contributed by atoms with E-state index in [2.05, 4.69) is 4.90 Å². The fourth-order valence-electron chi connectivity index (χ4n) is 7.02. The Kier molecular flexibility index (Phi) is 8.18. The van der Waals surface area contributed by atoms with Crippen molar-refractivity contribution in [3.63, 3.8) is 0 Å². The second-order valence-electron chi connectivity index (χ2n) is 11.7. The van der Waals surface area contributed by atoms with Crippen molar-refractivity contribution in [2.24, 2.45) is 0 Å². The second-order valence-corrected chi connectivity index (χ2v) is 11.7. The Balaban J connectivity index is 1.27. The van der Waals surface area contributed by atoms with Crippen LogP contribution in [0.1, 0.15) is 49.3 Å². The SMILES string of the molecule is C[C@H](OC(=O)[C@@H](O)CC(=O)OC1=CC[C@@]2(O)[C@H]3Cc4ccc(CO)c5c4[C@@]2(CCN3C)[C@H]1O5)C(=O)N[C@@H](CC(=O)O)C(=O)O. The summed E-state index contributed by atoms with van der Waals surface area (Å²) in [6.45, 7) is 1.41. The molecule has 2 heterocycles. The molecule has 1 fully saturated rings. The lowest BCUT2D eigenvalue weighted by Gasteiger charge is -2.61. The first-order valence-corrected chi connectivity index (χ1v) is 14.1. The molecule has 238 valence electrons. The van der Waals surface area contributed by atoms with Crippen LogP contribution in [0.3, 0.4) is 0 Å². The van der Waals surface area contributed by atoms with Gasteiger partial charge in [0.15, 0.2) is 18.3 Å². The fourth-order valence-corrected chi connectivity index (χ4v) is 7.02. The first-order chi connectivity index (χ1) is 20.7. The maximum atomic E-state index is 12.9. The summed E-state index contributed by atoms with van der Waals surface area (Å²) in [5.41, 5.74) is 0.0929. The highest BCUT2D eigenvalue weighted by Crippen LogP contribution is 2.64. The lowest BCUT2D eigenvalue weighted by atomic mass is 9.50. The van der Waals surface area contributed by atoms with Crippen LogP contribution in [-0.4, -0.2) is 110 Å². The molecule has 5 rings (SSSR count). The number of ether oxygens (including phenoxy) is 3. The molecule has 1 aromatic rings. The molecule has 1 amide bonds. The van der Waals surface area contributed by atoms with Crippen molar-refractivity contribution in [3.05, 3.63) is 40.7 Å². The van der Waals surface area contributed by atoms with Gasteiger partial charge in [0, 0.05) is 23.6 Å². The number of aliphatic carboxylic acids is 2. The highest BCUT2D eigenvalue weighted by atomic mass is 16.6. The Hall–Kier alpha value is -4.05. The predicted octanol–water partition coefficient (Wildman–Crippen LogP) is -1.27. The van der Waals surface area contributed by atoms with E-state index in [1.54, 1.807) is 12.1 Å². The van der Waals surface area contributed by atoms with Gasteiger partial charge in [-0.2, -0.15) is 0 Å². The summed E-state index contributed by atoms with van der Waals surface area (Å²) >= 11 is 0. The number of aliphatic hydroxyl groups is 3. The van der Waals surface area contributed by atoms with Gasteiger partial charge in [-0.25, -0.2) is 9.59 Å². The molecule has 2 bridgehead atoms. The molecule has 7 atom stereocenters. The minimum absolute atomic E-state index is 0.0994. The van der Waals surface area contributed by atoms with Crippen molar-refractivity contribution in [3.8, 4) is 5.75 Å². The molecular formula is C29H34N2O13. The molecule has 15 nitrogen and oxygen atoms in total. The fraction of sp³-hybridized carbons (Fsp3) is 0.552. The van der Waals surface area contributed by atoms with Crippen molar-refractivity contribution in [1.82, 2.24) is 10.2 Å². The summed E-state index contributed by atoms with van der Waals surface area (Å²) in [7, 11) is 1.94. The molecule has 2 aliphatic carbocycles. The zero-order valence-electron chi connectivity index (χ0n) is 24.0. The van der Waals surface area contributed by atoms with Crippen LogP contribution in [0.5, 0.6) is 5.75 Å². The van der Waals surface area contributed by atoms with E-state index in [9.17, 15) is 39.3 Å². The number of piperidine rings is 1. The predicted molar refractivity (Wildman–Crippen MR) is 145 cm³/mol. The van der Waals surface area contributed by atoms with Gasteiger partial charge in [-0.05, 0) is 45.0 Å². The van der Waals surface area contributed by atoms with Crippen LogP contribution in [0.2, 0.25) is 0 Å². The largest absolute Gasteiger partial charge is 0.481 e. The summed E-state index contributed by atoms with van der Waals surface area (Å²) in [5, 5.41) is 52.4. The van der Waals surface area contributed by atoms with E-state index < -0.39 is 78.0 Å². The van der Waals surface area contributed by atoms with Gasteiger partial charge in [-0.3, -0.25) is 14.4 Å². The first-order valence-electron chi connectivity index (χ1n) is 14.1. The highest BCUT2D eigenvalue weighted by Gasteiger charge is 2.71. The van der Waals surface area contributed by atoms with Crippen molar-refractivity contribution in [1.29, 1.82) is 0 Å². The zero-order valence-corrected chi connectivity index (χ0v) is 24.0. The summed E-state index contributed by atoms with van der Waals surface area (Å²) < 4.78 is 16.8. The third-order valence-corrected chi connectivity index (χ3v) is 9.15. The molecule has 0 unspecified atom stereocenters. The third-order valence-electron chi connectivity index (χ3n) is 9.15. The van der Waals surface area contributed by atoms with Crippen LogP contribution in [-0.2, 0) is 51.9 Å². The molecular weight excluding hydrogens is 584 g/mol. The van der Waals surface area contributed by atoms with Crippen LogP contribution in [0, 0.1) is 0 Å². The quantitative estimate of drug-likeness (QED) is 0.159. The number of carbonyl (C=O) groups is 5. The molecule has 4 aliphatic rings. The third kappa shape index (κ3) is 4.99. The molecule has 1 aromatic carbocycles. The topological polar surface area (TPSA) is 229 Å². The van der Waals surface area contributed by atoms with E-state index in [1.165, 1.54) is 0 Å². The summed E-state index contributed by atoms with van der Waals surface area (Å²) in [6.07, 6.45) is -3.61. The van der Waals surface area contributed by atoms with E-state index in [4.69, 9.17) is 24.4 Å². The second kappa shape index (κ2) is 11.5. The number of nitrogens with zero attached hydrogens (tertiary/aromatic N) is 1. The number of carboxylic acids is 2. The maximum Gasteiger partial charge on any atom is 0.336 e. The molecule has 15 heteroatoms. The maximum absolute atomic E-state index is 12.9. The monoisotopic (exact) mass is 618 g/mol. The number of carbonyl (C=O) groups excluding carboxylic acids is 3. The molecule has 0 radical (unpaired) electrons. The van der Waals surface area contributed by atoms with Gasteiger partial charge in [-0.1, -0.05) is 12.1 Å². The lowest BCUT2D eigenvalue weighted by Crippen LogP contribution is -2.74. The van der Waals surface area contributed by atoms with Gasteiger partial charge in [0.05, 0.1) is 30.5 Å². The van der Waals surface area contributed by atoms with Crippen molar-refractivity contribution in [2.45, 2.75) is 87.0 Å². The van der Waals surface area contributed by atoms with Gasteiger partial charge in [-0.15, -0.1) is 0 Å². The number of esters is 2. The van der Waals surface area contributed by atoms with Gasteiger partial charge in [0.1, 0.15) is 17.6 Å². The number of hydrogen-bond acceptors (Lipinski definition) is 12. The number of carboxylic acid groups (broad SMARTS) is 2. The number of likely N-dealkylation sites (tertiary alicyclic amines) is 1. The summed E-state index contributed by atoms with van der Waals surface area (Å²) in [4.78, 5) is 61.7. The van der Waals surface area contributed by atoms with Gasteiger partial charge in [0.25, 0.3) is 5.91 Å². The van der Waals surface area contributed by atoms with Crippen LogP contribution in [0.4, 0.5) is 0 Å². The smallest absolute Gasteiger partial charge is 0.336 e. The number of rotatable bonds is 11. The molecule has 1 spiro atoms. The highest BCUT2D eigenvalue weighted by molar-refractivity contribution is 5.90.